The van der Waals surface area contributed by atoms with Gasteiger partial charge in [-0.25, -0.2) is 9.97 Å². The Morgan fingerprint density at radius 1 is 1.12 bits per heavy atom. The Hall–Kier alpha value is -2.83. The van der Waals surface area contributed by atoms with Gasteiger partial charge < -0.3 is 20.7 Å². The summed E-state index contributed by atoms with van der Waals surface area (Å²) >= 11 is 0. The lowest BCUT2D eigenvalue weighted by atomic mass is 10.1. The predicted octanol–water partition coefficient (Wildman–Crippen LogP) is 2.00. The Bertz CT molecular complexity index is 706. The molecule has 0 unspecified atom stereocenters. The molecule has 2 aromatic rings. The number of nitrogens with one attached hydrogen (secondary N) is 3. The largest absolute Gasteiger partial charge is 0.496 e. The molecule has 25 heavy (non-hydrogen) atoms. The number of aryl methyl sites for hydroxylation is 1. The van der Waals surface area contributed by atoms with Gasteiger partial charge in [0.05, 0.1) is 13.5 Å². The van der Waals surface area contributed by atoms with Crippen LogP contribution < -0.4 is 20.7 Å². The number of ether oxygens (including phenoxy) is 1. The van der Waals surface area contributed by atoms with Gasteiger partial charge >= 0.3 is 0 Å². The molecule has 7 heteroatoms. The minimum absolute atomic E-state index is 0.0430. The van der Waals surface area contributed by atoms with E-state index in [4.69, 9.17) is 4.74 Å². The molecule has 0 fully saturated rings. The fourth-order valence-electron chi connectivity index (χ4n) is 2.41. The highest BCUT2D eigenvalue weighted by Gasteiger charge is 2.07. The van der Waals surface area contributed by atoms with E-state index < -0.39 is 0 Å². The van der Waals surface area contributed by atoms with Gasteiger partial charge in [-0.1, -0.05) is 18.2 Å². The Morgan fingerprint density at radius 2 is 1.84 bits per heavy atom. The van der Waals surface area contributed by atoms with Crippen LogP contribution in [0.2, 0.25) is 0 Å². The number of rotatable bonds is 9. The summed E-state index contributed by atoms with van der Waals surface area (Å²) in [5.41, 5.74) is 0.872. The molecule has 2 rings (SSSR count). The van der Waals surface area contributed by atoms with Crippen LogP contribution in [0, 0.1) is 6.92 Å². The number of carbonyl (C=O) groups excluding carboxylic acids is 1. The summed E-state index contributed by atoms with van der Waals surface area (Å²) in [6.45, 7) is 5.75. The highest BCUT2D eigenvalue weighted by Crippen LogP contribution is 2.17. The minimum Gasteiger partial charge on any atom is -0.496 e. The van der Waals surface area contributed by atoms with Crippen molar-refractivity contribution >= 4 is 17.5 Å². The van der Waals surface area contributed by atoms with Gasteiger partial charge in [-0.15, -0.1) is 0 Å². The lowest BCUT2D eigenvalue weighted by Crippen LogP contribution is -2.30. The Kier molecular flexibility index (Phi) is 7.00. The second-order valence-corrected chi connectivity index (χ2v) is 5.48. The summed E-state index contributed by atoms with van der Waals surface area (Å²) < 4.78 is 5.26. The number of carbonyl (C=O) groups is 1. The lowest BCUT2D eigenvalue weighted by Gasteiger charge is -2.11. The van der Waals surface area contributed by atoms with Gasteiger partial charge in [-0.3, -0.25) is 4.79 Å². The molecule has 0 aliphatic rings. The van der Waals surface area contributed by atoms with Crippen LogP contribution in [-0.4, -0.2) is 42.6 Å². The average molecular weight is 343 g/mol. The first-order valence-electron chi connectivity index (χ1n) is 8.34. The molecule has 0 saturated carbocycles. The standard InChI is InChI=1S/C18H25N5O2/c1-4-19-16-12-17(23-13(2)22-16)20-9-10-21-18(24)11-14-7-5-6-8-15(14)25-3/h5-8,12H,4,9-11H2,1-3H3,(H,21,24)(H2,19,20,22,23). The maximum atomic E-state index is 12.1. The van der Waals surface area contributed by atoms with Crippen molar-refractivity contribution in [3.8, 4) is 5.75 Å². The number of hydrogen-bond acceptors (Lipinski definition) is 6. The molecular weight excluding hydrogens is 318 g/mol. The first kappa shape index (κ1) is 18.5. The van der Waals surface area contributed by atoms with Gasteiger partial charge in [-0.05, 0) is 19.9 Å². The lowest BCUT2D eigenvalue weighted by molar-refractivity contribution is -0.120. The monoisotopic (exact) mass is 343 g/mol. The molecule has 1 heterocycles. The highest BCUT2D eigenvalue weighted by molar-refractivity contribution is 5.79. The Labute approximate surface area is 148 Å². The topological polar surface area (TPSA) is 88.2 Å². The van der Waals surface area contributed by atoms with Crippen molar-refractivity contribution in [2.45, 2.75) is 20.3 Å². The fourth-order valence-corrected chi connectivity index (χ4v) is 2.41. The summed E-state index contributed by atoms with van der Waals surface area (Å²) in [6.07, 6.45) is 0.293. The fraction of sp³-hybridized carbons (Fsp3) is 0.389. The van der Waals surface area contributed by atoms with E-state index in [1.54, 1.807) is 7.11 Å². The number of para-hydroxylation sites is 1. The van der Waals surface area contributed by atoms with Crippen molar-refractivity contribution in [2.75, 3.05) is 37.4 Å². The first-order chi connectivity index (χ1) is 12.1. The van der Waals surface area contributed by atoms with Crippen LogP contribution in [-0.2, 0) is 11.2 Å². The predicted molar refractivity (Wildman–Crippen MR) is 99.1 cm³/mol. The molecule has 0 aliphatic carbocycles. The quantitative estimate of drug-likeness (QED) is 0.604. The van der Waals surface area contributed by atoms with E-state index in [-0.39, 0.29) is 5.91 Å². The molecule has 134 valence electrons. The van der Waals surface area contributed by atoms with Crippen molar-refractivity contribution in [1.82, 2.24) is 15.3 Å². The van der Waals surface area contributed by atoms with Crippen molar-refractivity contribution in [3.05, 3.63) is 41.7 Å². The third kappa shape index (κ3) is 5.95. The number of nitrogens with zero attached hydrogens (tertiary/aromatic N) is 2. The molecule has 7 nitrogen and oxygen atoms in total. The second kappa shape index (κ2) is 9.46. The molecule has 0 aliphatic heterocycles. The SMILES string of the molecule is CCNc1cc(NCCNC(=O)Cc2ccccc2OC)nc(C)n1. The maximum absolute atomic E-state index is 12.1. The zero-order valence-corrected chi connectivity index (χ0v) is 14.9. The van der Waals surface area contributed by atoms with Crippen LogP contribution in [0.25, 0.3) is 0 Å². The number of aromatic nitrogens is 2. The molecule has 1 amide bonds. The zero-order chi connectivity index (χ0) is 18.1. The van der Waals surface area contributed by atoms with E-state index in [9.17, 15) is 4.79 Å². The summed E-state index contributed by atoms with van der Waals surface area (Å²) in [4.78, 5) is 20.7. The Morgan fingerprint density at radius 3 is 2.56 bits per heavy atom. The number of anilines is 2. The molecule has 1 aromatic heterocycles. The van der Waals surface area contributed by atoms with Crippen molar-refractivity contribution in [1.29, 1.82) is 0 Å². The van der Waals surface area contributed by atoms with Gasteiger partial charge in [0.1, 0.15) is 23.2 Å². The summed E-state index contributed by atoms with van der Waals surface area (Å²) in [5.74, 6) is 2.91. The molecule has 0 spiro atoms. The maximum Gasteiger partial charge on any atom is 0.224 e. The van der Waals surface area contributed by atoms with Gasteiger partial charge in [0.2, 0.25) is 5.91 Å². The highest BCUT2D eigenvalue weighted by atomic mass is 16.5. The normalized spacial score (nSPS) is 10.2. The van der Waals surface area contributed by atoms with Gasteiger partial charge in [-0.2, -0.15) is 0 Å². The third-order valence-corrected chi connectivity index (χ3v) is 3.49. The first-order valence-corrected chi connectivity index (χ1v) is 8.34. The van der Waals surface area contributed by atoms with E-state index in [0.29, 0.717) is 25.3 Å². The minimum atomic E-state index is -0.0430. The Balaban J connectivity index is 1.78. The number of methoxy groups -OCH3 is 1. The molecule has 3 N–H and O–H groups in total. The second-order valence-electron chi connectivity index (χ2n) is 5.48. The number of hydrogen-bond donors (Lipinski definition) is 3. The molecule has 0 saturated heterocycles. The molecule has 0 radical (unpaired) electrons. The summed E-state index contributed by atoms with van der Waals surface area (Å²) in [5, 5.41) is 9.25. The van der Waals surface area contributed by atoms with Gasteiger partial charge in [0, 0.05) is 31.3 Å². The van der Waals surface area contributed by atoms with Crippen LogP contribution in [0.1, 0.15) is 18.3 Å². The average Bonchev–Trinajstić information content (AvgIpc) is 2.59. The van der Waals surface area contributed by atoms with E-state index >= 15 is 0 Å². The van der Waals surface area contributed by atoms with Crippen LogP contribution in [0.5, 0.6) is 5.75 Å². The van der Waals surface area contributed by atoms with Crippen molar-refractivity contribution in [2.24, 2.45) is 0 Å². The smallest absolute Gasteiger partial charge is 0.224 e. The van der Waals surface area contributed by atoms with E-state index in [1.165, 1.54) is 0 Å². The molecule has 0 bridgehead atoms. The number of benzene rings is 1. The number of amides is 1. The molecular formula is C18H25N5O2. The zero-order valence-electron chi connectivity index (χ0n) is 14.9. The summed E-state index contributed by atoms with van der Waals surface area (Å²) in [7, 11) is 1.60. The van der Waals surface area contributed by atoms with Crippen molar-refractivity contribution < 1.29 is 9.53 Å². The van der Waals surface area contributed by atoms with Crippen molar-refractivity contribution in [3.63, 3.8) is 0 Å². The van der Waals surface area contributed by atoms with Crippen LogP contribution in [0.15, 0.2) is 30.3 Å². The van der Waals surface area contributed by atoms with Crippen LogP contribution in [0.4, 0.5) is 11.6 Å². The van der Waals surface area contributed by atoms with Gasteiger partial charge in [0.25, 0.3) is 0 Å². The van der Waals surface area contributed by atoms with Crippen LogP contribution in [0.3, 0.4) is 0 Å². The third-order valence-electron chi connectivity index (χ3n) is 3.49. The van der Waals surface area contributed by atoms with E-state index in [1.807, 2.05) is 44.2 Å². The van der Waals surface area contributed by atoms with Gasteiger partial charge in [0.15, 0.2) is 0 Å². The molecule has 1 aromatic carbocycles. The molecule has 0 atom stereocenters. The summed E-state index contributed by atoms with van der Waals surface area (Å²) in [6, 6.07) is 9.38. The van der Waals surface area contributed by atoms with E-state index in [2.05, 4.69) is 25.9 Å². The van der Waals surface area contributed by atoms with Crippen LogP contribution >= 0.6 is 0 Å². The van der Waals surface area contributed by atoms with E-state index in [0.717, 1.165) is 29.5 Å².